The van der Waals surface area contributed by atoms with Crippen LogP contribution in [0.25, 0.3) is 10.8 Å². The van der Waals surface area contributed by atoms with Crippen LogP contribution in [-0.4, -0.2) is 18.4 Å². The van der Waals surface area contributed by atoms with Gasteiger partial charge in [-0.25, -0.2) is 0 Å². The molecule has 1 N–H and O–H groups in total. The lowest BCUT2D eigenvalue weighted by Crippen LogP contribution is -1.86. The Morgan fingerprint density at radius 2 is 1.71 bits per heavy atom. The van der Waals surface area contributed by atoms with E-state index in [4.69, 9.17) is 4.74 Å². The Bertz CT molecular complexity index is 809. The minimum absolute atomic E-state index is 0.242. The molecular weight excluding hydrogens is 262 g/mol. The van der Waals surface area contributed by atoms with E-state index in [2.05, 4.69) is 4.99 Å². The van der Waals surface area contributed by atoms with Crippen molar-refractivity contribution in [3.63, 3.8) is 0 Å². The molecule has 0 unspecified atom stereocenters. The molecule has 104 valence electrons. The standard InChI is InChI=1S/C18H15NO2/c1-21-17-9-5-4-8-16(17)19-12-14-11-10-13-6-2-3-7-15(13)18(14)20/h2-12,20H,1H3. The number of hydrogen-bond donors (Lipinski definition) is 1. The Kier molecular flexibility index (Phi) is 3.56. The number of phenolic OH excluding ortho intramolecular Hbond substituents is 1. The number of aliphatic imine (C=N–C) groups is 1. The third kappa shape index (κ3) is 2.58. The van der Waals surface area contributed by atoms with E-state index in [1.165, 1.54) is 0 Å². The van der Waals surface area contributed by atoms with Gasteiger partial charge in [-0.1, -0.05) is 42.5 Å². The highest BCUT2D eigenvalue weighted by molar-refractivity contribution is 5.97. The summed E-state index contributed by atoms with van der Waals surface area (Å²) < 4.78 is 5.26. The monoisotopic (exact) mass is 277 g/mol. The van der Waals surface area contributed by atoms with Gasteiger partial charge in [0.15, 0.2) is 0 Å². The number of phenols is 1. The maximum absolute atomic E-state index is 10.3. The second-order valence-corrected chi connectivity index (χ2v) is 4.65. The van der Waals surface area contributed by atoms with Gasteiger partial charge in [0.2, 0.25) is 0 Å². The highest BCUT2D eigenvalue weighted by Gasteiger charge is 2.04. The summed E-state index contributed by atoms with van der Waals surface area (Å²) in [6.07, 6.45) is 1.65. The molecule has 0 aromatic heterocycles. The van der Waals surface area contributed by atoms with Crippen LogP contribution >= 0.6 is 0 Å². The lowest BCUT2D eigenvalue weighted by molar-refractivity contribution is 0.416. The summed E-state index contributed by atoms with van der Waals surface area (Å²) in [6.45, 7) is 0. The molecule has 0 aliphatic carbocycles. The van der Waals surface area contributed by atoms with Gasteiger partial charge in [0, 0.05) is 17.2 Å². The van der Waals surface area contributed by atoms with E-state index < -0.39 is 0 Å². The molecule has 0 aliphatic heterocycles. The van der Waals surface area contributed by atoms with Crippen LogP contribution in [0.3, 0.4) is 0 Å². The van der Waals surface area contributed by atoms with E-state index in [0.29, 0.717) is 11.3 Å². The van der Waals surface area contributed by atoms with E-state index in [-0.39, 0.29) is 5.75 Å². The molecule has 0 saturated carbocycles. The second kappa shape index (κ2) is 5.67. The Morgan fingerprint density at radius 1 is 0.952 bits per heavy atom. The van der Waals surface area contributed by atoms with Crippen molar-refractivity contribution in [1.82, 2.24) is 0 Å². The SMILES string of the molecule is COc1ccccc1N=Cc1ccc2ccccc2c1O. The predicted octanol–water partition coefficient (Wildman–Crippen LogP) is 4.30. The normalized spacial score (nSPS) is 11.1. The van der Waals surface area contributed by atoms with Crippen LogP contribution in [0.5, 0.6) is 11.5 Å². The zero-order valence-corrected chi connectivity index (χ0v) is 11.7. The first-order valence-corrected chi connectivity index (χ1v) is 6.67. The van der Waals surface area contributed by atoms with Crippen molar-refractivity contribution in [2.75, 3.05) is 7.11 Å². The number of hydrogen-bond acceptors (Lipinski definition) is 3. The Balaban J connectivity index is 2.02. The van der Waals surface area contributed by atoms with E-state index in [1.54, 1.807) is 13.3 Å². The summed E-state index contributed by atoms with van der Waals surface area (Å²) in [6, 6.07) is 19.1. The van der Waals surface area contributed by atoms with Crippen LogP contribution in [0.15, 0.2) is 65.7 Å². The van der Waals surface area contributed by atoms with E-state index in [9.17, 15) is 5.11 Å². The molecule has 3 nitrogen and oxygen atoms in total. The van der Waals surface area contributed by atoms with Crippen molar-refractivity contribution in [3.8, 4) is 11.5 Å². The maximum atomic E-state index is 10.3. The fraction of sp³-hybridized carbons (Fsp3) is 0.0556. The average Bonchev–Trinajstić information content (AvgIpc) is 2.55. The zero-order chi connectivity index (χ0) is 14.7. The smallest absolute Gasteiger partial charge is 0.144 e. The maximum Gasteiger partial charge on any atom is 0.144 e. The van der Waals surface area contributed by atoms with Crippen LogP contribution in [0.4, 0.5) is 5.69 Å². The van der Waals surface area contributed by atoms with Gasteiger partial charge in [0.05, 0.1) is 7.11 Å². The molecule has 0 spiro atoms. The molecule has 0 radical (unpaired) electrons. The van der Waals surface area contributed by atoms with Gasteiger partial charge >= 0.3 is 0 Å². The van der Waals surface area contributed by atoms with Crippen molar-refractivity contribution >= 4 is 22.7 Å². The topological polar surface area (TPSA) is 41.8 Å². The summed E-state index contributed by atoms with van der Waals surface area (Å²) in [5, 5.41) is 12.2. The largest absolute Gasteiger partial charge is 0.507 e. The Hall–Kier alpha value is -2.81. The number of nitrogens with zero attached hydrogens (tertiary/aromatic N) is 1. The molecule has 0 amide bonds. The quantitative estimate of drug-likeness (QED) is 0.725. The van der Waals surface area contributed by atoms with Gasteiger partial charge in [0.25, 0.3) is 0 Å². The van der Waals surface area contributed by atoms with Gasteiger partial charge < -0.3 is 9.84 Å². The lowest BCUT2D eigenvalue weighted by Gasteiger charge is -2.05. The fourth-order valence-electron chi connectivity index (χ4n) is 2.25. The van der Waals surface area contributed by atoms with Crippen molar-refractivity contribution in [3.05, 3.63) is 66.2 Å². The third-order valence-electron chi connectivity index (χ3n) is 3.36. The number of benzene rings is 3. The van der Waals surface area contributed by atoms with Crippen LogP contribution in [-0.2, 0) is 0 Å². The highest BCUT2D eigenvalue weighted by Crippen LogP contribution is 2.29. The fourth-order valence-corrected chi connectivity index (χ4v) is 2.25. The minimum atomic E-state index is 0.242. The van der Waals surface area contributed by atoms with Crippen molar-refractivity contribution in [1.29, 1.82) is 0 Å². The van der Waals surface area contributed by atoms with Crippen LogP contribution in [0.2, 0.25) is 0 Å². The van der Waals surface area contributed by atoms with Gasteiger partial charge in [-0.3, -0.25) is 4.99 Å². The average molecular weight is 277 g/mol. The second-order valence-electron chi connectivity index (χ2n) is 4.65. The van der Waals surface area contributed by atoms with E-state index >= 15 is 0 Å². The van der Waals surface area contributed by atoms with Crippen molar-refractivity contribution in [2.24, 2.45) is 4.99 Å². The Morgan fingerprint density at radius 3 is 2.57 bits per heavy atom. The summed E-state index contributed by atoms with van der Waals surface area (Å²) in [7, 11) is 1.61. The molecule has 0 aliphatic rings. The zero-order valence-electron chi connectivity index (χ0n) is 11.7. The van der Waals surface area contributed by atoms with Gasteiger partial charge in [0.1, 0.15) is 17.2 Å². The van der Waals surface area contributed by atoms with Crippen LogP contribution < -0.4 is 4.74 Å². The summed E-state index contributed by atoms with van der Waals surface area (Å²) in [4.78, 5) is 4.40. The van der Waals surface area contributed by atoms with Gasteiger partial charge in [-0.05, 0) is 23.6 Å². The molecule has 3 aromatic rings. The van der Waals surface area contributed by atoms with Gasteiger partial charge in [-0.2, -0.15) is 0 Å². The number of rotatable bonds is 3. The van der Waals surface area contributed by atoms with E-state index in [0.717, 1.165) is 16.5 Å². The molecule has 21 heavy (non-hydrogen) atoms. The van der Waals surface area contributed by atoms with Crippen LogP contribution in [0, 0.1) is 0 Å². The number of para-hydroxylation sites is 2. The molecule has 3 rings (SSSR count). The number of aromatic hydroxyl groups is 1. The number of methoxy groups -OCH3 is 1. The predicted molar refractivity (Wildman–Crippen MR) is 85.9 cm³/mol. The van der Waals surface area contributed by atoms with E-state index in [1.807, 2.05) is 60.7 Å². The van der Waals surface area contributed by atoms with Crippen molar-refractivity contribution in [2.45, 2.75) is 0 Å². The Labute approximate surface area is 123 Å². The molecule has 0 atom stereocenters. The molecule has 3 heteroatoms. The molecule has 3 aromatic carbocycles. The summed E-state index contributed by atoms with van der Waals surface area (Å²) >= 11 is 0. The van der Waals surface area contributed by atoms with Gasteiger partial charge in [-0.15, -0.1) is 0 Å². The first-order chi connectivity index (χ1) is 10.3. The number of ether oxygens (including phenoxy) is 1. The third-order valence-corrected chi connectivity index (χ3v) is 3.36. The lowest BCUT2D eigenvalue weighted by atomic mass is 10.1. The van der Waals surface area contributed by atoms with Crippen LogP contribution in [0.1, 0.15) is 5.56 Å². The molecular formula is C18H15NO2. The highest BCUT2D eigenvalue weighted by atomic mass is 16.5. The minimum Gasteiger partial charge on any atom is -0.507 e. The molecule has 0 bridgehead atoms. The molecule has 0 fully saturated rings. The molecule has 0 saturated heterocycles. The van der Waals surface area contributed by atoms with Crippen molar-refractivity contribution < 1.29 is 9.84 Å². The first-order valence-electron chi connectivity index (χ1n) is 6.67. The molecule has 0 heterocycles. The summed E-state index contributed by atoms with van der Waals surface area (Å²) in [5.41, 5.74) is 1.41. The first kappa shape index (κ1) is 13.2. The number of fused-ring (bicyclic) bond motifs is 1. The summed E-state index contributed by atoms with van der Waals surface area (Å²) in [5.74, 6) is 0.945.